The Bertz CT molecular complexity index is 550. The molecule has 0 saturated carbocycles. The molecule has 18 heavy (non-hydrogen) atoms. The molecule has 2 aromatic rings. The van der Waals surface area contributed by atoms with Gasteiger partial charge >= 0.3 is 0 Å². The average Bonchev–Trinajstić information content (AvgIpc) is 2.43. The Balaban J connectivity index is 2.59. The fraction of sp³-hybridized carbons (Fsp3) is 0.273. The van der Waals surface area contributed by atoms with Crippen molar-refractivity contribution in [3.05, 3.63) is 18.5 Å². The second kappa shape index (κ2) is 5.70. The van der Waals surface area contributed by atoms with Crippen LogP contribution in [-0.4, -0.2) is 30.3 Å². The van der Waals surface area contributed by atoms with Crippen LogP contribution < -0.4 is 15.0 Å². The molecule has 0 amide bonds. The number of benzene rings is 1. The van der Waals surface area contributed by atoms with Crippen LogP contribution in [0.1, 0.15) is 0 Å². The predicted molar refractivity (Wildman–Crippen MR) is 68.1 cm³/mol. The molecule has 0 aliphatic carbocycles. The molecule has 6 nitrogen and oxygen atoms in total. The SMILES string of the molecule is COc1cc(OC)c2c(NOCCl)ncnc2c1. The van der Waals surface area contributed by atoms with Crippen molar-refractivity contribution in [2.75, 3.05) is 25.8 Å². The first kappa shape index (κ1) is 12.7. The van der Waals surface area contributed by atoms with Crippen LogP contribution in [0, 0.1) is 0 Å². The molecule has 0 aliphatic rings. The quantitative estimate of drug-likeness (QED) is 0.663. The highest BCUT2D eigenvalue weighted by Crippen LogP contribution is 2.33. The highest BCUT2D eigenvalue weighted by atomic mass is 35.5. The number of fused-ring (bicyclic) bond motifs is 1. The molecule has 0 spiro atoms. The van der Waals surface area contributed by atoms with Crippen molar-refractivity contribution in [1.82, 2.24) is 9.97 Å². The van der Waals surface area contributed by atoms with Gasteiger partial charge in [0.05, 0.1) is 25.1 Å². The van der Waals surface area contributed by atoms with E-state index < -0.39 is 0 Å². The number of halogens is 1. The second-order valence-electron chi connectivity index (χ2n) is 3.30. The van der Waals surface area contributed by atoms with E-state index in [1.807, 2.05) is 0 Å². The van der Waals surface area contributed by atoms with Gasteiger partial charge in [0, 0.05) is 12.1 Å². The summed E-state index contributed by atoms with van der Waals surface area (Å²) in [4.78, 5) is 13.2. The average molecular weight is 270 g/mol. The molecule has 0 aliphatic heterocycles. The van der Waals surface area contributed by atoms with Crippen LogP contribution in [0.15, 0.2) is 18.5 Å². The molecule has 96 valence electrons. The molecular weight excluding hydrogens is 258 g/mol. The van der Waals surface area contributed by atoms with Gasteiger partial charge < -0.3 is 9.47 Å². The molecule has 1 N–H and O–H groups in total. The summed E-state index contributed by atoms with van der Waals surface area (Å²) in [5.41, 5.74) is 3.33. The summed E-state index contributed by atoms with van der Waals surface area (Å²) in [7, 11) is 3.14. The molecule has 0 saturated heterocycles. The topological polar surface area (TPSA) is 65.5 Å². The van der Waals surface area contributed by atoms with Gasteiger partial charge in [-0.1, -0.05) is 11.6 Å². The maximum Gasteiger partial charge on any atom is 0.164 e. The van der Waals surface area contributed by atoms with Crippen LogP contribution in [0.3, 0.4) is 0 Å². The number of ether oxygens (including phenoxy) is 2. The molecule has 0 unspecified atom stereocenters. The number of anilines is 1. The first-order chi connectivity index (χ1) is 8.80. The second-order valence-corrected chi connectivity index (χ2v) is 3.52. The molecule has 7 heteroatoms. The Morgan fingerprint density at radius 2 is 2.06 bits per heavy atom. The molecular formula is C11H12ClN3O3. The third kappa shape index (κ3) is 2.39. The van der Waals surface area contributed by atoms with Crippen LogP contribution in [0.4, 0.5) is 5.82 Å². The van der Waals surface area contributed by atoms with E-state index in [9.17, 15) is 0 Å². The van der Waals surface area contributed by atoms with Gasteiger partial charge in [-0.05, 0) is 0 Å². The van der Waals surface area contributed by atoms with Gasteiger partial charge in [0.15, 0.2) is 5.82 Å². The third-order valence-corrected chi connectivity index (χ3v) is 2.46. The fourth-order valence-electron chi connectivity index (χ4n) is 1.58. The minimum atomic E-state index is 0.00393. The molecule has 1 aromatic heterocycles. The summed E-state index contributed by atoms with van der Waals surface area (Å²) in [5, 5.41) is 0.700. The zero-order valence-electron chi connectivity index (χ0n) is 9.94. The Kier molecular flexibility index (Phi) is 4.01. The van der Waals surface area contributed by atoms with E-state index in [-0.39, 0.29) is 6.07 Å². The van der Waals surface area contributed by atoms with Crippen molar-refractivity contribution in [1.29, 1.82) is 0 Å². The van der Waals surface area contributed by atoms with Gasteiger partial charge in [-0.2, -0.15) is 0 Å². The molecule has 0 radical (unpaired) electrons. The first-order valence-electron chi connectivity index (χ1n) is 5.10. The summed E-state index contributed by atoms with van der Waals surface area (Å²) >= 11 is 5.44. The van der Waals surface area contributed by atoms with Crippen molar-refractivity contribution in [3.63, 3.8) is 0 Å². The Morgan fingerprint density at radius 1 is 1.22 bits per heavy atom. The van der Waals surface area contributed by atoms with E-state index in [0.717, 1.165) is 0 Å². The van der Waals surface area contributed by atoms with Crippen LogP contribution in [0.25, 0.3) is 10.9 Å². The third-order valence-electron chi connectivity index (χ3n) is 2.35. The molecule has 1 aromatic carbocycles. The van der Waals surface area contributed by atoms with E-state index in [4.69, 9.17) is 25.9 Å². The van der Waals surface area contributed by atoms with Gasteiger partial charge in [-0.3, -0.25) is 4.84 Å². The van der Waals surface area contributed by atoms with E-state index >= 15 is 0 Å². The summed E-state index contributed by atoms with van der Waals surface area (Å²) in [6.45, 7) is 0. The molecule has 2 rings (SSSR count). The summed E-state index contributed by atoms with van der Waals surface area (Å²) in [5.74, 6) is 1.73. The van der Waals surface area contributed by atoms with Gasteiger partial charge in [-0.25, -0.2) is 15.4 Å². The predicted octanol–water partition coefficient (Wildman–Crippen LogP) is 2.19. The van der Waals surface area contributed by atoms with E-state index in [1.54, 1.807) is 26.4 Å². The maximum atomic E-state index is 5.44. The first-order valence-corrected chi connectivity index (χ1v) is 5.64. The van der Waals surface area contributed by atoms with E-state index in [0.29, 0.717) is 28.2 Å². The van der Waals surface area contributed by atoms with E-state index in [1.165, 1.54) is 6.33 Å². The lowest BCUT2D eigenvalue weighted by Crippen LogP contribution is -2.03. The van der Waals surface area contributed by atoms with Crippen LogP contribution in [0.2, 0.25) is 0 Å². The van der Waals surface area contributed by atoms with Crippen LogP contribution in [0.5, 0.6) is 11.5 Å². The van der Waals surface area contributed by atoms with Gasteiger partial charge in [0.1, 0.15) is 23.9 Å². The Labute approximate surface area is 109 Å². The lowest BCUT2D eigenvalue weighted by atomic mass is 10.2. The smallest absolute Gasteiger partial charge is 0.164 e. The largest absolute Gasteiger partial charge is 0.497 e. The lowest BCUT2D eigenvalue weighted by molar-refractivity contribution is 0.247. The van der Waals surface area contributed by atoms with Crippen molar-refractivity contribution in [2.24, 2.45) is 0 Å². The van der Waals surface area contributed by atoms with Gasteiger partial charge in [0.25, 0.3) is 0 Å². The number of nitrogens with zero attached hydrogens (tertiary/aromatic N) is 2. The zero-order valence-corrected chi connectivity index (χ0v) is 10.7. The number of aromatic nitrogens is 2. The maximum absolute atomic E-state index is 5.44. The highest BCUT2D eigenvalue weighted by molar-refractivity contribution is 6.17. The van der Waals surface area contributed by atoms with Gasteiger partial charge in [-0.15, -0.1) is 0 Å². The van der Waals surface area contributed by atoms with Crippen LogP contribution in [-0.2, 0) is 4.84 Å². The lowest BCUT2D eigenvalue weighted by Gasteiger charge is -2.11. The minimum Gasteiger partial charge on any atom is -0.497 e. The van der Waals surface area contributed by atoms with Gasteiger partial charge in [0.2, 0.25) is 0 Å². The molecule has 1 heterocycles. The molecule has 0 bridgehead atoms. The number of rotatable bonds is 5. The number of hydrogen-bond acceptors (Lipinski definition) is 6. The zero-order chi connectivity index (χ0) is 13.0. The highest BCUT2D eigenvalue weighted by Gasteiger charge is 2.12. The summed E-state index contributed by atoms with van der Waals surface area (Å²) in [6, 6.07) is 3.53. The number of alkyl halides is 1. The van der Waals surface area contributed by atoms with Crippen molar-refractivity contribution < 1.29 is 14.3 Å². The Hall–Kier alpha value is -1.79. The molecule has 0 atom stereocenters. The van der Waals surface area contributed by atoms with Crippen molar-refractivity contribution in [2.45, 2.75) is 0 Å². The van der Waals surface area contributed by atoms with Crippen molar-refractivity contribution in [3.8, 4) is 11.5 Å². The minimum absolute atomic E-state index is 0.00393. The monoisotopic (exact) mass is 269 g/mol. The standard InChI is InChI=1S/C11H12ClN3O3/c1-16-7-3-8-10(9(4-7)17-2)11(14-6-13-8)15-18-5-12/h3-4,6H,5H2,1-2H3,(H,13,14,15). The summed E-state index contributed by atoms with van der Waals surface area (Å²) in [6.07, 6.45) is 1.42. The number of methoxy groups -OCH3 is 2. The fourth-order valence-corrected chi connectivity index (χ4v) is 1.64. The summed E-state index contributed by atoms with van der Waals surface area (Å²) < 4.78 is 10.5. The normalized spacial score (nSPS) is 10.4. The van der Waals surface area contributed by atoms with Crippen LogP contribution >= 0.6 is 11.6 Å². The number of hydrogen-bond donors (Lipinski definition) is 1. The molecule has 0 fully saturated rings. The van der Waals surface area contributed by atoms with Crippen molar-refractivity contribution >= 4 is 28.3 Å². The Morgan fingerprint density at radius 3 is 2.72 bits per heavy atom. The number of nitrogens with one attached hydrogen (secondary N) is 1. The van der Waals surface area contributed by atoms with E-state index in [2.05, 4.69) is 15.4 Å².